The van der Waals surface area contributed by atoms with E-state index < -0.39 is 0 Å². The smallest absolute Gasteiger partial charge is 0.234 e. The van der Waals surface area contributed by atoms with Crippen molar-refractivity contribution < 1.29 is 14.3 Å². The minimum atomic E-state index is -0.115. The first-order valence-corrected chi connectivity index (χ1v) is 10.6. The fraction of sp³-hybridized carbons (Fsp3) is 0.364. The number of ether oxygens (including phenoxy) is 1. The van der Waals surface area contributed by atoms with Crippen molar-refractivity contribution in [3.8, 4) is 5.75 Å². The van der Waals surface area contributed by atoms with Crippen LogP contribution in [0.2, 0.25) is 0 Å². The molecular formula is C22H29N3O3S. The predicted molar refractivity (Wildman–Crippen MR) is 120 cm³/mol. The van der Waals surface area contributed by atoms with Gasteiger partial charge in [0.15, 0.2) is 0 Å². The number of carbonyl (C=O) groups is 2. The normalized spacial score (nSPS) is 11.8. The topological polar surface area (TPSA) is 70.7 Å². The molecule has 0 saturated carbocycles. The summed E-state index contributed by atoms with van der Waals surface area (Å²) in [7, 11) is 5.59. The molecule has 2 aromatic carbocycles. The lowest BCUT2D eigenvalue weighted by atomic mass is 10.1. The highest BCUT2D eigenvalue weighted by atomic mass is 32.2. The van der Waals surface area contributed by atoms with Crippen LogP contribution in [0.1, 0.15) is 17.2 Å². The number of aryl methyl sites for hydroxylation is 1. The van der Waals surface area contributed by atoms with Crippen LogP contribution in [-0.4, -0.2) is 56.0 Å². The van der Waals surface area contributed by atoms with Crippen molar-refractivity contribution in [2.75, 3.05) is 44.6 Å². The summed E-state index contributed by atoms with van der Waals surface area (Å²) in [5.41, 5.74) is 3.00. The lowest BCUT2D eigenvalue weighted by molar-refractivity contribution is -0.118. The lowest BCUT2D eigenvalue weighted by Gasteiger charge is -2.25. The molecule has 2 rings (SSSR count). The van der Waals surface area contributed by atoms with Gasteiger partial charge in [-0.15, -0.1) is 11.8 Å². The van der Waals surface area contributed by atoms with E-state index in [1.165, 1.54) is 11.8 Å². The van der Waals surface area contributed by atoms with Crippen LogP contribution in [0.25, 0.3) is 0 Å². The van der Waals surface area contributed by atoms with Crippen LogP contribution in [0.3, 0.4) is 0 Å². The van der Waals surface area contributed by atoms with Crippen LogP contribution in [-0.2, 0) is 9.59 Å². The molecule has 0 saturated heterocycles. The van der Waals surface area contributed by atoms with Crippen molar-refractivity contribution in [3.05, 3.63) is 59.7 Å². The van der Waals surface area contributed by atoms with Crippen molar-refractivity contribution in [3.63, 3.8) is 0 Å². The van der Waals surface area contributed by atoms with Crippen LogP contribution in [0.5, 0.6) is 5.75 Å². The Balaban J connectivity index is 1.74. The molecule has 0 bridgehead atoms. The number of hydrogen-bond donors (Lipinski definition) is 2. The Labute approximate surface area is 177 Å². The monoisotopic (exact) mass is 415 g/mol. The molecule has 29 heavy (non-hydrogen) atoms. The Kier molecular flexibility index (Phi) is 9.02. The van der Waals surface area contributed by atoms with Crippen molar-refractivity contribution >= 4 is 29.3 Å². The summed E-state index contributed by atoms with van der Waals surface area (Å²) in [4.78, 5) is 26.2. The number of hydrogen-bond acceptors (Lipinski definition) is 5. The maximum absolute atomic E-state index is 12.2. The molecule has 1 unspecified atom stereocenters. The molecule has 156 valence electrons. The quantitative estimate of drug-likeness (QED) is 0.624. The van der Waals surface area contributed by atoms with E-state index in [1.54, 1.807) is 7.11 Å². The number of rotatable bonds is 10. The molecule has 0 aromatic heterocycles. The predicted octanol–water partition coefficient (Wildman–Crippen LogP) is 3.09. The fourth-order valence-electron chi connectivity index (χ4n) is 2.76. The van der Waals surface area contributed by atoms with E-state index >= 15 is 0 Å². The third-order valence-corrected chi connectivity index (χ3v) is 5.35. The van der Waals surface area contributed by atoms with Crippen LogP contribution >= 0.6 is 11.8 Å². The minimum Gasteiger partial charge on any atom is -0.497 e. The maximum Gasteiger partial charge on any atom is 0.234 e. The number of methoxy groups -OCH3 is 1. The average Bonchev–Trinajstić information content (AvgIpc) is 2.70. The summed E-state index contributed by atoms with van der Waals surface area (Å²) in [5.74, 6) is 1.08. The molecule has 2 aromatic rings. The van der Waals surface area contributed by atoms with E-state index in [-0.39, 0.29) is 29.4 Å². The molecule has 2 amide bonds. The molecule has 0 radical (unpaired) electrons. The van der Waals surface area contributed by atoms with Crippen molar-refractivity contribution in [1.29, 1.82) is 0 Å². The summed E-state index contributed by atoms with van der Waals surface area (Å²) in [5, 5.41) is 5.79. The van der Waals surface area contributed by atoms with Gasteiger partial charge in [0.05, 0.1) is 24.7 Å². The highest BCUT2D eigenvalue weighted by Crippen LogP contribution is 2.20. The van der Waals surface area contributed by atoms with E-state index in [0.717, 1.165) is 22.6 Å². The lowest BCUT2D eigenvalue weighted by Crippen LogP contribution is -2.35. The number of amides is 2. The second-order valence-corrected chi connectivity index (χ2v) is 7.95. The van der Waals surface area contributed by atoms with Gasteiger partial charge in [-0.2, -0.15) is 0 Å². The third kappa shape index (κ3) is 7.79. The maximum atomic E-state index is 12.2. The van der Waals surface area contributed by atoms with Gasteiger partial charge in [-0.3, -0.25) is 9.59 Å². The number of anilines is 1. The third-order valence-electron chi connectivity index (χ3n) is 4.42. The molecular weight excluding hydrogens is 386 g/mol. The molecule has 0 aliphatic carbocycles. The fourth-order valence-corrected chi connectivity index (χ4v) is 3.40. The number of likely N-dealkylation sites (N-methyl/N-ethyl adjacent to an activating group) is 1. The first kappa shape index (κ1) is 22.8. The molecule has 0 spiro atoms. The van der Waals surface area contributed by atoms with E-state index in [2.05, 4.69) is 15.5 Å². The SMILES string of the molecule is COc1ccc(C(CNC(=O)CSCC(=O)Nc2ccc(C)cc2)N(C)C)cc1. The Morgan fingerprint density at radius 2 is 1.62 bits per heavy atom. The molecule has 6 nitrogen and oxygen atoms in total. The number of nitrogens with one attached hydrogen (secondary N) is 2. The molecule has 0 aliphatic rings. The molecule has 2 N–H and O–H groups in total. The summed E-state index contributed by atoms with van der Waals surface area (Å²) in [6.07, 6.45) is 0. The van der Waals surface area contributed by atoms with Gasteiger partial charge < -0.3 is 20.3 Å². The number of nitrogens with zero attached hydrogens (tertiary/aromatic N) is 1. The summed E-state index contributed by atoms with van der Waals surface area (Å²) < 4.78 is 5.20. The van der Waals surface area contributed by atoms with Crippen LogP contribution in [0, 0.1) is 6.92 Å². The Bertz CT molecular complexity index is 792. The summed E-state index contributed by atoms with van der Waals surface area (Å²) in [6, 6.07) is 15.5. The van der Waals surface area contributed by atoms with Gasteiger partial charge in [0.25, 0.3) is 0 Å². The first-order chi connectivity index (χ1) is 13.9. The van der Waals surface area contributed by atoms with Crippen LogP contribution in [0.15, 0.2) is 48.5 Å². The van der Waals surface area contributed by atoms with Gasteiger partial charge in [-0.05, 0) is 50.8 Å². The second-order valence-electron chi connectivity index (χ2n) is 6.96. The highest BCUT2D eigenvalue weighted by molar-refractivity contribution is 8.00. The average molecular weight is 416 g/mol. The van der Waals surface area contributed by atoms with Gasteiger partial charge in [-0.1, -0.05) is 29.8 Å². The van der Waals surface area contributed by atoms with Crippen molar-refractivity contribution in [2.24, 2.45) is 0 Å². The van der Waals surface area contributed by atoms with E-state index in [4.69, 9.17) is 4.74 Å². The molecule has 7 heteroatoms. The number of carbonyl (C=O) groups excluding carboxylic acids is 2. The van der Waals surface area contributed by atoms with E-state index in [9.17, 15) is 9.59 Å². The Morgan fingerprint density at radius 3 is 2.21 bits per heavy atom. The highest BCUT2D eigenvalue weighted by Gasteiger charge is 2.15. The zero-order valence-electron chi connectivity index (χ0n) is 17.4. The first-order valence-electron chi connectivity index (χ1n) is 9.40. The molecule has 0 heterocycles. The zero-order chi connectivity index (χ0) is 21.2. The van der Waals surface area contributed by atoms with Crippen LogP contribution in [0.4, 0.5) is 5.69 Å². The largest absolute Gasteiger partial charge is 0.497 e. The van der Waals surface area contributed by atoms with E-state index in [1.807, 2.05) is 69.6 Å². The van der Waals surface area contributed by atoms with E-state index in [0.29, 0.717) is 6.54 Å². The van der Waals surface area contributed by atoms with Gasteiger partial charge in [-0.25, -0.2) is 0 Å². The standard InChI is InChI=1S/C22H29N3O3S/c1-16-5-9-18(10-6-16)24-22(27)15-29-14-21(26)23-13-20(25(2)3)17-7-11-19(28-4)12-8-17/h5-12,20H,13-15H2,1-4H3,(H,23,26)(H,24,27). The second kappa shape index (κ2) is 11.5. The summed E-state index contributed by atoms with van der Waals surface area (Å²) in [6.45, 7) is 2.49. The van der Waals surface area contributed by atoms with Crippen molar-refractivity contribution in [1.82, 2.24) is 10.2 Å². The van der Waals surface area contributed by atoms with Crippen LogP contribution < -0.4 is 15.4 Å². The molecule has 0 aliphatic heterocycles. The minimum absolute atomic E-state index is 0.0553. The number of thioether (sulfide) groups is 1. The van der Waals surface area contributed by atoms with Gasteiger partial charge in [0.1, 0.15) is 5.75 Å². The Morgan fingerprint density at radius 1 is 1.00 bits per heavy atom. The molecule has 1 atom stereocenters. The van der Waals surface area contributed by atoms with Gasteiger partial charge in [0, 0.05) is 12.2 Å². The summed E-state index contributed by atoms with van der Waals surface area (Å²) >= 11 is 1.30. The Hall–Kier alpha value is -2.51. The van der Waals surface area contributed by atoms with Gasteiger partial charge in [0.2, 0.25) is 11.8 Å². The zero-order valence-corrected chi connectivity index (χ0v) is 18.2. The molecule has 0 fully saturated rings. The van der Waals surface area contributed by atoms with Crippen molar-refractivity contribution in [2.45, 2.75) is 13.0 Å². The van der Waals surface area contributed by atoms with Gasteiger partial charge >= 0.3 is 0 Å². The number of benzene rings is 2.